The Balaban J connectivity index is 1.58. The van der Waals surface area contributed by atoms with E-state index in [4.69, 9.17) is 9.47 Å². The highest BCUT2D eigenvalue weighted by atomic mass is 16.7. The fourth-order valence-electron chi connectivity index (χ4n) is 4.69. The quantitative estimate of drug-likeness (QED) is 0.688. The lowest BCUT2D eigenvalue weighted by molar-refractivity contribution is -0.122. The van der Waals surface area contributed by atoms with Crippen molar-refractivity contribution in [1.29, 1.82) is 0 Å². The second kappa shape index (κ2) is 6.38. The SMILES string of the molecule is O=C1CCC=C2Nc3[nH]n(-c4ccccc4)c(=O)c3[C@H](c3ccc4c(c3)OCO4)[C@@H]12. The topological polar surface area (TPSA) is 85.4 Å². The number of ether oxygens (including phenoxy) is 2. The lowest BCUT2D eigenvalue weighted by atomic mass is 9.72. The molecular weight excluding hydrogens is 382 g/mol. The van der Waals surface area contributed by atoms with Crippen LogP contribution >= 0.6 is 0 Å². The molecule has 0 unspecified atom stereocenters. The Kier molecular flexibility index (Phi) is 3.65. The first-order valence-corrected chi connectivity index (χ1v) is 10.0. The Hall–Kier alpha value is -3.74. The molecule has 1 aromatic heterocycles. The molecule has 2 aliphatic heterocycles. The molecule has 3 heterocycles. The first-order chi connectivity index (χ1) is 14.7. The highest BCUT2D eigenvalue weighted by Gasteiger charge is 2.43. The van der Waals surface area contributed by atoms with Gasteiger partial charge in [-0.25, -0.2) is 4.68 Å². The van der Waals surface area contributed by atoms with E-state index in [1.807, 2.05) is 48.5 Å². The largest absolute Gasteiger partial charge is 0.454 e. The van der Waals surface area contributed by atoms with Gasteiger partial charge in [0, 0.05) is 18.0 Å². The van der Waals surface area contributed by atoms with Gasteiger partial charge in [-0.05, 0) is 36.2 Å². The maximum atomic E-state index is 13.5. The number of nitrogens with one attached hydrogen (secondary N) is 2. The second-order valence-corrected chi connectivity index (χ2v) is 7.73. The maximum Gasteiger partial charge on any atom is 0.277 e. The molecule has 0 radical (unpaired) electrons. The third-order valence-electron chi connectivity index (χ3n) is 6.05. The number of aromatic nitrogens is 2. The van der Waals surface area contributed by atoms with Crippen LogP contribution in [0.5, 0.6) is 11.5 Å². The Labute approximate surface area is 171 Å². The number of carbonyl (C=O) groups is 1. The molecule has 0 saturated heterocycles. The zero-order valence-corrected chi connectivity index (χ0v) is 16.1. The van der Waals surface area contributed by atoms with Crippen molar-refractivity contribution in [1.82, 2.24) is 9.78 Å². The minimum Gasteiger partial charge on any atom is -0.454 e. The van der Waals surface area contributed by atoms with Gasteiger partial charge in [0.15, 0.2) is 11.5 Å². The lowest BCUT2D eigenvalue weighted by Crippen LogP contribution is -2.36. The number of carbonyl (C=O) groups excluding carboxylic acids is 1. The highest BCUT2D eigenvalue weighted by molar-refractivity contribution is 5.89. The molecule has 3 aliphatic rings. The van der Waals surface area contributed by atoms with Gasteiger partial charge in [-0.2, -0.15) is 0 Å². The summed E-state index contributed by atoms with van der Waals surface area (Å²) in [5.41, 5.74) is 2.86. The first-order valence-electron chi connectivity index (χ1n) is 10.0. The van der Waals surface area contributed by atoms with Gasteiger partial charge in [0.25, 0.3) is 5.56 Å². The Bertz CT molecular complexity index is 1260. The summed E-state index contributed by atoms with van der Waals surface area (Å²) in [7, 11) is 0. The van der Waals surface area contributed by atoms with E-state index in [1.54, 1.807) is 0 Å². The third kappa shape index (κ3) is 2.45. The molecule has 7 nitrogen and oxygen atoms in total. The van der Waals surface area contributed by atoms with E-state index in [2.05, 4.69) is 16.5 Å². The number of aromatic amines is 1. The van der Waals surface area contributed by atoms with Gasteiger partial charge in [-0.15, -0.1) is 0 Å². The van der Waals surface area contributed by atoms with Gasteiger partial charge >= 0.3 is 0 Å². The molecule has 0 fully saturated rings. The molecule has 7 heteroatoms. The summed E-state index contributed by atoms with van der Waals surface area (Å²) in [6, 6.07) is 15.1. The number of rotatable bonds is 2. The summed E-state index contributed by atoms with van der Waals surface area (Å²) in [4.78, 5) is 26.5. The number of nitrogens with zero attached hydrogens (tertiary/aromatic N) is 1. The molecular formula is C23H19N3O4. The average Bonchev–Trinajstić information content (AvgIpc) is 3.37. The van der Waals surface area contributed by atoms with Crippen molar-refractivity contribution in [2.75, 3.05) is 12.1 Å². The smallest absolute Gasteiger partial charge is 0.277 e. The maximum absolute atomic E-state index is 13.5. The number of benzene rings is 2. The summed E-state index contributed by atoms with van der Waals surface area (Å²) >= 11 is 0. The van der Waals surface area contributed by atoms with Gasteiger partial charge in [-0.3, -0.25) is 14.7 Å². The van der Waals surface area contributed by atoms with Crippen molar-refractivity contribution in [3.8, 4) is 17.2 Å². The number of hydrogen-bond acceptors (Lipinski definition) is 5. The van der Waals surface area contributed by atoms with Crippen LogP contribution in [0.2, 0.25) is 0 Å². The van der Waals surface area contributed by atoms with Crippen molar-refractivity contribution in [3.63, 3.8) is 0 Å². The van der Waals surface area contributed by atoms with Crippen LogP contribution in [0.3, 0.4) is 0 Å². The van der Waals surface area contributed by atoms with E-state index in [1.165, 1.54) is 4.68 Å². The number of anilines is 1. The van der Waals surface area contributed by atoms with Gasteiger partial charge < -0.3 is 14.8 Å². The molecule has 6 rings (SSSR count). The van der Waals surface area contributed by atoms with Crippen LogP contribution < -0.4 is 20.3 Å². The van der Waals surface area contributed by atoms with Crippen LogP contribution in [0, 0.1) is 5.92 Å². The van der Waals surface area contributed by atoms with Gasteiger partial charge in [-0.1, -0.05) is 30.3 Å². The molecule has 1 aliphatic carbocycles. The highest BCUT2D eigenvalue weighted by Crippen LogP contribution is 2.47. The van der Waals surface area contributed by atoms with Gasteiger partial charge in [0.1, 0.15) is 11.6 Å². The number of para-hydroxylation sites is 1. The fourth-order valence-corrected chi connectivity index (χ4v) is 4.69. The minimum absolute atomic E-state index is 0.139. The number of H-pyrrole nitrogens is 1. The number of ketones is 1. The van der Waals surface area contributed by atoms with Crippen LogP contribution in [0.15, 0.2) is 65.1 Å². The molecule has 0 amide bonds. The minimum atomic E-state index is -0.417. The van der Waals surface area contributed by atoms with Crippen LogP contribution in [0.25, 0.3) is 5.69 Å². The van der Waals surface area contributed by atoms with E-state index in [0.29, 0.717) is 35.7 Å². The van der Waals surface area contributed by atoms with E-state index in [-0.39, 0.29) is 18.1 Å². The van der Waals surface area contributed by atoms with Crippen molar-refractivity contribution in [2.24, 2.45) is 5.92 Å². The van der Waals surface area contributed by atoms with Gasteiger partial charge in [0.2, 0.25) is 6.79 Å². The lowest BCUT2D eigenvalue weighted by Gasteiger charge is -2.35. The predicted octanol–water partition coefficient (Wildman–Crippen LogP) is 3.31. The number of fused-ring (bicyclic) bond motifs is 3. The van der Waals surface area contributed by atoms with Crippen molar-refractivity contribution in [2.45, 2.75) is 18.8 Å². The molecule has 30 heavy (non-hydrogen) atoms. The predicted molar refractivity (Wildman–Crippen MR) is 110 cm³/mol. The number of hydrogen-bond donors (Lipinski definition) is 2. The van der Waals surface area contributed by atoms with Crippen molar-refractivity contribution in [3.05, 3.63) is 81.8 Å². The summed E-state index contributed by atoms with van der Waals surface area (Å²) in [5.74, 6) is 1.27. The standard InChI is InChI=1S/C23H19N3O4/c27-16-8-4-7-15-20(16)19(13-9-10-17-18(11-13)30-12-29-17)21-22(24-15)25-26(23(21)28)14-5-2-1-3-6-14/h1-3,5-7,9-11,19-20,24-25H,4,8,12H2/t19-,20-/m1/s1. The Morgan fingerprint density at radius 1 is 0.967 bits per heavy atom. The molecule has 2 atom stereocenters. The molecule has 150 valence electrons. The monoisotopic (exact) mass is 401 g/mol. The summed E-state index contributed by atoms with van der Waals surface area (Å²) in [5, 5.41) is 6.52. The third-order valence-corrected chi connectivity index (χ3v) is 6.05. The van der Waals surface area contributed by atoms with E-state index >= 15 is 0 Å². The first kappa shape index (κ1) is 17.1. The van der Waals surface area contributed by atoms with E-state index < -0.39 is 11.8 Å². The molecule has 0 spiro atoms. The zero-order chi connectivity index (χ0) is 20.2. The molecule has 2 aromatic carbocycles. The van der Waals surface area contributed by atoms with Crippen LogP contribution in [0.4, 0.5) is 5.82 Å². The average molecular weight is 401 g/mol. The fraction of sp³-hybridized carbons (Fsp3) is 0.217. The normalized spacial score (nSPS) is 21.5. The van der Waals surface area contributed by atoms with Gasteiger partial charge in [0.05, 0.1) is 17.2 Å². The molecule has 2 N–H and O–H groups in total. The molecule has 0 saturated carbocycles. The number of allylic oxidation sites excluding steroid dienone is 2. The summed E-state index contributed by atoms with van der Waals surface area (Å²) in [6.45, 7) is 0.175. The molecule has 3 aromatic rings. The second-order valence-electron chi connectivity index (χ2n) is 7.73. The van der Waals surface area contributed by atoms with Crippen LogP contribution in [0.1, 0.15) is 29.9 Å². The molecule has 0 bridgehead atoms. The Morgan fingerprint density at radius 2 is 1.80 bits per heavy atom. The Morgan fingerprint density at radius 3 is 2.67 bits per heavy atom. The van der Waals surface area contributed by atoms with E-state index in [0.717, 1.165) is 16.9 Å². The number of Topliss-reactive ketones (excluding diaryl/α,β-unsaturated/α-hetero) is 1. The van der Waals surface area contributed by atoms with Crippen molar-refractivity contribution < 1.29 is 14.3 Å². The van der Waals surface area contributed by atoms with Crippen LogP contribution in [-0.2, 0) is 4.79 Å². The summed E-state index contributed by atoms with van der Waals surface area (Å²) in [6.07, 6.45) is 3.24. The van der Waals surface area contributed by atoms with Crippen molar-refractivity contribution >= 4 is 11.6 Å². The zero-order valence-electron chi connectivity index (χ0n) is 16.1. The van der Waals surface area contributed by atoms with Crippen LogP contribution in [-0.4, -0.2) is 22.4 Å². The summed E-state index contributed by atoms with van der Waals surface area (Å²) < 4.78 is 12.5. The van der Waals surface area contributed by atoms with E-state index in [9.17, 15) is 9.59 Å².